The number of thiazole rings is 1. The van der Waals surface area contributed by atoms with E-state index in [1.54, 1.807) is 11.3 Å². The molecule has 0 bridgehead atoms. The van der Waals surface area contributed by atoms with Crippen LogP contribution in [0.3, 0.4) is 0 Å². The van der Waals surface area contributed by atoms with Crippen LogP contribution in [0.5, 0.6) is 0 Å². The van der Waals surface area contributed by atoms with Gasteiger partial charge in [0.25, 0.3) is 0 Å². The van der Waals surface area contributed by atoms with Gasteiger partial charge in [-0.25, -0.2) is 9.98 Å². The number of hydrogen-bond donors (Lipinski definition) is 2. The van der Waals surface area contributed by atoms with Crippen molar-refractivity contribution in [3.05, 3.63) is 34.6 Å². The van der Waals surface area contributed by atoms with E-state index in [0.717, 1.165) is 106 Å². The highest BCUT2D eigenvalue weighted by molar-refractivity contribution is 7.27. The zero-order valence-electron chi connectivity index (χ0n) is 23.2. The molecule has 0 amide bonds. The quantitative estimate of drug-likeness (QED) is 0.267. The average Bonchev–Trinajstić information content (AvgIpc) is 3.39. The van der Waals surface area contributed by atoms with E-state index in [4.69, 9.17) is 14.5 Å². The Balaban J connectivity index is 1.51. The molecule has 1 aromatic rings. The lowest BCUT2D eigenvalue weighted by atomic mass is 9.94. The molecule has 0 radical (unpaired) electrons. The van der Waals surface area contributed by atoms with Gasteiger partial charge in [0.05, 0.1) is 25.0 Å². The van der Waals surface area contributed by atoms with Gasteiger partial charge in [0.2, 0.25) is 0 Å². The van der Waals surface area contributed by atoms with Crippen molar-refractivity contribution in [3.8, 4) is 0 Å². The fourth-order valence-electron chi connectivity index (χ4n) is 5.17. The summed E-state index contributed by atoms with van der Waals surface area (Å²) < 4.78 is 11.1. The zero-order valence-corrected chi connectivity index (χ0v) is 25.1. The summed E-state index contributed by atoms with van der Waals surface area (Å²) in [5.41, 5.74) is 3.39. The van der Waals surface area contributed by atoms with E-state index in [1.165, 1.54) is 5.57 Å². The molecule has 1 aromatic heterocycles. The number of fused-ring (bicyclic) bond motifs is 1. The molecule has 0 aliphatic carbocycles. The SMILES string of the molecule is CC/C=C/N(CC(CCN1CCOCC1)/C(C)=C/CC)C1NC=Nc2sc(C(=P)NC3CCOCC3)nc21. The summed E-state index contributed by atoms with van der Waals surface area (Å²) >= 11 is 1.63. The van der Waals surface area contributed by atoms with Crippen molar-refractivity contribution in [1.82, 2.24) is 25.4 Å². The zero-order chi connectivity index (χ0) is 26.7. The van der Waals surface area contributed by atoms with E-state index in [0.29, 0.717) is 12.0 Å². The van der Waals surface area contributed by atoms with Gasteiger partial charge in [-0.1, -0.05) is 51.8 Å². The number of nitrogens with zero attached hydrogens (tertiary/aromatic N) is 4. The molecule has 2 fully saturated rings. The molecule has 2 saturated heterocycles. The van der Waals surface area contributed by atoms with Gasteiger partial charge in [0.1, 0.15) is 21.9 Å². The van der Waals surface area contributed by atoms with Crippen LogP contribution >= 0.6 is 20.2 Å². The first-order chi connectivity index (χ1) is 18.6. The van der Waals surface area contributed by atoms with Crippen LogP contribution < -0.4 is 10.6 Å². The maximum atomic E-state index is 5.56. The van der Waals surface area contributed by atoms with Crippen molar-refractivity contribution in [2.24, 2.45) is 10.9 Å². The Labute approximate surface area is 234 Å². The minimum Gasteiger partial charge on any atom is -0.381 e. The van der Waals surface area contributed by atoms with Gasteiger partial charge in [-0.15, -0.1) is 0 Å². The van der Waals surface area contributed by atoms with Crippen molar-refractivity contribution >= 4 is 37.0 Å². The van der Waals surface area contributed by atoms with E-state index in [2.05, 4.69) is 73.4 Å². The predicted molar refractivity (Wildman–Crippen MR) is 161 cm³/mol. The maximum Gasteiger partial charge on any atom is 0.146 e. The fraction of sp³-hybridized carbons (Fsp3) is 0.679. The van der Waals surface area contributed by atoms with Crippen molar-refractivity contribution in [1.29, 1.82) is 0 Å². The van der Waals surface area contributed by atoms with Gasteiger partial charge in [-0.2, -0.15) is 0 Å². The van der Waals surface area contributed by atoms with Gasteiger partial charge >= 0.3 is 0 Å². The molecule has 2 atom stereocenters. The highest BCUT2D eigenvalue weighted by Gasteiger charge is 2.30. The third kappa shape index (κ3) is 8.20. The Kier molecular flexibility index (Phi) is 11.8. The van der Waals surface area contributed by atoms with Gasteiger partial charge in [0, 0.05) is 38.9 Å². The molecule has 4 rings (SSSR count). The monoisotopic (exact) mass is 560 g/mol. The molecule has 4 heterocycles. The number of allylic oxidation sites excluding steroid dienone is 2. The maximum absolute atomic E-state index is 5.56. The van der Waals surface area contributed by atoms with Crippen LogP contribution in [0.4, 0.5) is 5.00 Å². The number of aliphatic imine (C=N–C) groups is 1. The first-order valence-electron chi connectivity index (χ1n) is 14.2. The topological polar surface area (TPSA) is 74.2 Å². The summed E-state index contributed by atoms with van der Waals surface area (Å²) in [4.78, 5) is 14.7. The number of morpholine rings is 1. The van der Waals surface area contributed by atoms with Crippen LogP contribution in [0, 0.1) is 5.92 Å². The van der Waals surface area contributed by atoms with Gasteiger partial charge in [0.15, 0.2) is 0 Å². The van der Waals surface area contributed by atoms with Crippen LogP contribution in [-0.4, -0.2) is 85.2 Å². The van der Waals surface area contributed by atoms with Crippen LogP contribution in [0.25, 0.3) is 0 Å². The minimum atomic E-state index is -0.0573. The van der Waals surface area contributed by atoms with Gasteiger partial charge < -0.3 is 19.7 Å². The molecular formula is C28H45N6O2PS. The molecule has 210 valence electrons. The van der Waals surface area contributed by atoms with E-state index in [-0.39, 0.29) is 6.17 Å². The molecule has 3 aliphatic rings. The Morgan fingerprint density at radius 3 is 2.74 bits per heavy atom. The average molecular weight is 561 g/mol. The number of rotatable bonds is 13. The lowest BCUT2D eigenvalue weighted by Crippen LogP contribution is -2.41. The molecule has 38 heavy (non-hydrogen) atoms. The summed E-state index contributed by atoms with van der Waals surface area (Å²) in [5, 5.41) is 9.03. The summed E-state index contributed by atoms with van der Waals surface area (Å²) in [6, 6.07) is 0.402. The molecule has 3 aliphatic heterocycles. The first kappa shape index (κ1) is 29.4. The molecule has 2 unspecified atom stereocenters. The Morgan fingerprint density at radius 1 is 1.24 bits per heavy atom. The second kappa shape index (κ2) is 15.2. The fourth-order valence-corrected chi connectivity index (χ4v) is 6.44. The normalized spacial score (nSPS) is 21.9. The van der Waals surface area contributed by atoms with Crippen LogP contribution in [0.2, 0.25) is 0 Å². The second-order valence-corrected chi connectivity index (χ2v) is 11.7. The lowest BCUT2D eigenvalue weighted by molar-refractivity contribution is 0.0353. The molecular weight excluding hydrogens is 515 g/mol. The van der Waals surface area contributed by atoms with Crippen LogP contribution in [0.1, 0.15) is 69.7 Å². The molecule has 8 nitrogen and oxygen atoms in total. The smallest absolute Gasteiger partial charge is 0.146 e. The van der Waals surface area contributed by atoms with E-state index >= 15 is 0 Å². The standard InChI is InChI=1S/C28H45N6O2PS/c1-4-6-11-34(19-22(21(3)7-5-2)8-12-33-13-17-36-18-14-33)25-24-27(30-20-29-25)38-28(32-24)26(37)31-23-9-15-35-16-10-23/h6-7,11,20,22-23,25,31,37H,4-5,8-10,12-19H2,1-3H3,(H,29,30)/b11-6+,21-7+. The van der Waals surface area contributed by atoms with Crippen molar-refractivity contribution in [2.75, 3.05) is 52.6 Å². The molecule has 10 heteroatoms. The second-order valence-electron chi connectivity index (χ2n) is 10.2. The third-order valence-electron chi connectivity index (χ3n) is 7.45. The summed E-state index contributed by atoms with van der Waals surface area (Å²) in [6.07, 6.45) is 13.8. The summed E-state index contributed by atoms with van der Waals surface area (Å²) in [7, 11) is 3.83. The predicted octanol–water partition coefficient (Wildman–Crippen LogP) is 4.71. The van der Waals surface area contributed by atoms with E-state index < -0.39 is 0 Å². The lowest BCUT2D eigenvalue weighted by Gasteiger charge is -2.35. The summed E-state index contributed by atoms with van der Waals surface area (Å²) in [6.45, 7) is 14.1. The highest BCUT2D eigenvalue weighted by atomic mass is 32.1. The number of aromatic nitrogens is 1. The Morgan fingerprint density at radius 2 is 2.00 bits per heavy atom. The molecule has 0 saturated carbocycles. The Bertz CT molecular complexity index is 984. The highest BCUT2D eigenvalue weighted by Crippen LogP contribution is 2.37. The largest absolute Gasteiger partial charge is 0.381 e. The van der Waals surface area contributed by atoms with Gasteiger partial charge in [-0.3, -0.25) is 10.2 Å². The summed E-state index contributed by atoms with van der Waals surface area (Å²) in [5.74, 6) is 0.453. The van der Waals surface area contributed by atoms with Gasteiger partial charge in [-0.05, 0) is 57.7 Å². The molecule has 0 aromatic carbocycles. The third-order valence-corrected chi connectivity index (χ3v) is 9.01. The van der Waals surface area contributed by atoms with Crippen molar-refractivity contribution < 1.29 is 9.47 Å². The van der Waals surface area contributed by atoms with E-state index in [1.807, 2.05) is 6.34 Å². The van der Waals surface area contributed by atoms with Crippen LogP contribution in [-0.2, 0) is 9.47 Å². The van der Waals surface area contributed by atoms with E-state index in [9.17, 15) is 0 Å². The number of ether oxygens (including phenoxy) is 2. The Hall–Kier alpha value is -1.61. The van der Waals surface area contributed by atoms with Crippen molar-refractivity contribution in [2.45, 2.75) is 65.1 Å². The first-order valence-corrected chi connectivity index (χ1v) is 15.5. The minimum absolute atomic E-state index is 0.0573. The van der Waals surface area contributed by atoms with Crippen LogP contribution in [0.15, 0.2) is 28.9 Å². The molecule has 2 N–H and O–H groups in total. The number of hydrogen-bond acceptors (Lipinski definition) is 8. The molecule has 0 spiro atoms. The van der Waals surface area contributed by atoms with Crippen molar-refractivity contribution in [3.63, 3.8) is 0 Å². The number of nitrogens with one attached hydrogen (secondary N) is 2.